The van der Waals surface area contributed by atoms with Crippen LogP contribution in [0.15, 0.2) is 22.9 Å². The predicted octanol–water partition coefficient (Wildman–Crippen LogP) is 2.72. The van der Waals surface area contributed by atoms with Gasteiger partial charge in [-0.05, 0) is 52.7 Å². The van der Waals surface area contributed by atoms with Gasteiger partial charge in [0.05, 0.1) is 11.9 Å². The fourth-order valence-corrected chi connectivity index (χ4v) is 2.43. The molecule has 1 saturated carbocycles. The van der Waals surface area contributed by atoms with Crippen LogP contribution in [0.4, 0.5) is 10.5 Å². The summed E-state index contributed by atoms with van der Waals surface area (Å²) in [6.07, 6.45) is 4.37. The molecule has 2 aliphatic rings. The van der Waals surface area contributed by atoms with Crippen LogP contribution in [0.2, 0.25) is 0 Å². The fraction of sp³-hybridized carbons (Fsp3) is 0.500. The summed E-state index contributed by atoms with van der Waals surface area (Å²) >= 11 is 3.26. The Morgan fingerprint density at radius 2 is 2.12 bits per heavy atom. The number of carbonyl (C=O) groups excluding carboxylic acids is 1. The maximum atomic E-state index is 11.8. The maximum Gasteiger partial charge on any atom is 0.321 e. The quantitative estimate of drug-likeness (QED) is 0.853. The van der Waals surface area contributed by atoms with Crippen molar-refractivity contribution in [2.24, 2.45) is 11.8 Å². The minimum Gasteiger partial charge on any atom is -0.324 e. The zero-order valence-corrected chi connectivity index (χ0v) is 11.0. The molecule has 1 aromatic heterocycles. The van der Waals surface area contributed by atoms with E-state index in [1.165, 1.54) is 12.8 Å². The highest BCUT2D eigenvalue weighted by Crippen LogP contribution is 2.41. The standard InChI is InChI=1S/C12H14BrN3O/c13-11-4-3-10(5-14-11)15-12(17)16-6-9(7-16)8-1-2-8/h3-5,8-9H,1-2,6-7H2,(H,15,17). The zero-order valence-electron chi connectivity index (χ0n) is 9.40. The highest BCUT2D eigenvalue weighted by atomic mass is 79.9. The van der Waals surface area contributed by atoms with Crippen LogP contribution in [0.1, 0.15) is 12.8 Å². The first-order valence-corrected chi connectivity index (χ1v) is 6.69. The third-order valence-corrected chi connectivity index (χ3v) is 3.93. The number of urea groups is 1. The first kappa shape index (κ1) is 11.0. The van der Waals surface area contributed by atoms with E-state index in [0.717, 1.165) is 35.2 Å². The molecule has 4 nitrogen and oxygen atoms in total. The number of hydrogen-bond donors (Lipinski definition) is 1. The Kier molecular flexibility index (Phi) is 2.78. The normalized spacial score (nSPS) is 19.9. The van der Waals surface area contributed by atoms with Gasteiger partial charge in [0.25, 0.3) is 0 Å². The third kappa shape index (κ3) is 2.44. The number of halogens is 1. The van der Waals surface area contributed by atoms with Crippen molar-refractivity contribution in [3.8, 4) is 0 Å². The molecule has 1 aliphatic carbocycles. The molecule has 5 heteroatoms. The summed E-state index contributed by atoms with van der Waals surface area (Å²) in [4.78, 5) is 17.8. The number of hydrogen-bond acceptors (Lipinski definition) is 2. The van der Waals surface area contributed by atoms with Crippen LogP contribution in [-0.4, -0.2) is 29.0 Å². The van der Waals surface area contributed by atoms with Gasteiger partial charge in [-0.2, -0.15) is 0 Å². The van der Waals surface area contributed by atoms with Crippen LogP contribution in [0.25, 0.3) is 0 Å². The summed E-state index contributed by atoms with van der Waals surface area (Å²) in [5.74, 6) is 1.65. The van der Waals surface area contributed by atoms with Crippen LogP contribution in [0, 0.1) is 11.8 Å². The predicted molar refractivity (Wildman–Crippen MR) is 68.7 cm³/mol. The molecule has 90 valence electrons. The van der Waals surface area contributed by atoms with E-state index < -0.39 is 0 Å². The van der Waals surface area contributed by atoms with Crippen molar-refractivity contribution in [3.63, 3.8) is 0 Å². The first-order chi connectivity index (χ1) is 8.22. The molecular formula is C12H14BrN3O. The average molecular weight is 296 g/mol. The van der Waals surface area contributed by atoms with E-state index in [2.05, 4.69) is 26.2 Å². The summed E-state index contributed by atoms with van der Waals surface area (Å²) in [6.45, 7) is 1.83. The first-order valence-electron chi connectivity index (χ1n) is 5.90. The molecule has 17 heavy (non-hydrogen) atoms. The van der Waals surface area contributed by atoms with Gasteiger partial charge in [0, 0.05) is 13.1 Å². The van der Waals surface area contributed by atoms with Gasteiger partial charge in [0.1, 0.15) is 4.60 Å². The number of pyridine rings is 1. The minimum absolute atomic E-state index is 0.00831. The monoisotopic (exact) mass is 295 g/mol. The minimum atomic E-state index is -0.00831. The fourth-order valence-electron chi connectivity index (χ4n) is 2.20. The third-order valence-electron chi connectivity index (χ3n) is 3.46. The van der Waals surface area contributed by atoms with Gasteiger partial charge < -0.3 is 10.2 Å². The zero-order chi connectivity index (χ0) is 11.8. The van der Waals surface area contributed by atoms with Crippen molar-refractivity contribution in [3.05, 3.63) is 22.9 Å². The van der Waals surface area contributed by atoms with Crippen LogP contribution in [0.5, 0.6) is 0 Å². The molecular weight excluding hydrogens is 282 g/mol. The summed E-state index contributed by atoms with van der Waals surface area (Å²) in [5.41, 5.74) is 0.744. The van der Waals surface area contributed by atoms with Gasteiger partial charge in [-0.1, -0.05) is 0 Å². The molecule has 1 N–H and O–H groups in total. The molecule has 2 fully saturated rings. The second kappa shape index (κ2) is 4.29. The van der Waals surface area contributed by atoms with E-state index in [0.29, 0.717) is 0 Å². The number of nitrogens with zero attached hydrogens (tertiary/aromatic N) is 2. The van der Waals surface area contributed by atoms with Crippen LogP contribution < -0.4 is 5.32 Å². The highest BCUT2D eigenvalue weighted by molar-refractivity contribution is 9.10. The second-order valence-electron chi connectivity index (χ2n) is 4.80. The van der Waals surface area contributed by atoms with Crippen molar-refractivity contribution >= 4 is 27.6 Å². The van der Waals surface area contributed by atoms with Gasteiger partial charge in [-0.3, -0.25) is 0 Å². The molecule has 2 amide bonds. The SMILES string of the molecule is O=C(Nc1ccc(Br)nc1)N1CC(C2CC2)C1. The molecule has 1 saturated heterocycles. The Hall–Kier alpha value is -1.10. The van der Waals surface area contributed by atoms with Crippen molar-refractivity contribution in [2.75, 3.05) is 18.4 Å². The van der Waals surface area contributed by atoms with Gasteiger partial charge in [0.2, 0.25) is 0 Å². The van der Waals surface area contributed by atoms with Crippen molar-refractivity contribution in [1.82, 2.24) is 9.88 Å². The molecule has 1 aromatic rings. The highest BCUT2D eigenvalue weighted by Gasteiger charge is 2.40. The Balaban J connectivity index is 1.52. The molecule has 1 aliphatic heterocycles. The lowest BCUT2D eigenvalue weighted by atomic mass is 9.95. The number of carbonyl (C=O) groups is 1. The van der Waals surface area contributed by atoms with Gasteiger partial charge in [-0.25, -0.2) is 9.78 Å². The lowest BCUT2D eigenvalue weighted by Gasteiger charge is -2.39. The molecule has 2 heterocycles. The topological polar surface area (TPSA) is 45.2 Å². The van der Waals surface area contributed by atoms with Crippen LogP contribution in [-0.2, 0) is 0 Å². The van der Waals surface area contributed by atoms with Gasteiger partial charge in [-0.15, -0.1) is 0 Å². The summed E-state index contributed by atoms with van der Waals surface area (Å²) in [6, 6.07) is 3.65. The molecule has 0 atom stereocenters. The molecule has 0 radical (unpaired) electrons. The van der Waals surface area contributed by atoms with Gasteiger partial charge in [0.15, 0.2) is 0 Å². The van der Waals surface area contributed by atoms with E-state index in [4.69, 9.17) is 0 Å². The molecule has 0 unspecified atom stereocenters. The lowest BCUT2D eigenvalue weighted by Crippen LogP contribution is -2.52. The van der Waals surface area contributed by atoms with E-state index in [9.17, 15) is 4.79 Å². The van der Waals surface area contributed by atoms with Crippen molar-refractivity contribution in [1.29, 1.82) is 0 Å². The van der Waals surface area contributed by atoms with Crippen LogP contribution in [0.3, 0.4) is 0 Å². The molecule has 0 bridgehead atoms. The molecule has 3 rings (SSSR count). The van der Waals surface area contributed by atoms with Crippen molar-refractivity contribution < 1.29 is 4.79 Å². The number of likely N-dealkylation sites (tertiary alicyclic amines) is 1. The van der Waals surface area contributed by atoms with E-state index in [1.54, 1.807) is 6.20 Å². The molecule has 0 aromatic carbocycles. The lowest BCUT2D eigenvalue weighted by molar-refractivity contribution is 0.118. The Morgan fingerprint density at radius 1 is 1.35 bits per heavy atom. The number of anilines is 1. The van der Waals surface area contributed by atoms with Gasteiger partial charge >= 0.3 is 6.03 Å². The second-order valence-corrected chi connectivity index (χ2v) is 5.61. The smallest absolute Gasteiger partial charge is 0.321 e. The largest absolute Gasteiger partial charge is 0.324 e. The van der Waals surface area contributed by atoms with E-state index in [1.807, 2.05) is 17.0 Å². The maximum absolute atomic E-state index is 11.8. The molecule has 0 spiro atoms. The number of nitrogens with one attached hydrogen (secondary N) is 1. The Bertz CT molecular complexity index is 424. The number of aromatic nitrogens is 1. The van der Waals surface area contributed by atoms with E-state index in [-0.39, 0.29) is 6.03 Å². The Morgan fingerprint density at radius 3 is 2.71 bits per heavy atom. The van der Waals surface area contributed by atoms with Crippen molar-refractivity contribution in [2.45, 2.75) is 12.8 Å². The van der Waals surface area contributed by atoms with E-state index >= 15 is 0 Å². The summed E-state index contributed by atoms with van der Waals surface area (Å²) < 4.78 is 0.772. The average Bonchev–Trinajstić information content (AvgIpc) is 3.03. The Labute approximate surface area is 109 Å². The number of rotatable bonds is 2. The number of amides is 2. The summed E-state index contributed by atoms with van der Waals surface area (Å²) in [7, 11) is 0. The van der Waals surface area contributed by atoms with Crippen LogP contribution >= 0.6 is 15.9 Å². The summed E-state index contributed by atoms with van der Waals surface area (Å²) in [5, 5.41) is 2.85.